The molecule has 0 fully saturated rings. The number of allylic oxidation sites excluding steroid dienone is 1. The monoisotopic (exact) mass is 499 g/mol. The van der Waals surface area contributed by atoms with Gasteiger partial charge in [0, 0.05) is 11.4 Å². The summed E-state index contributed by atoms with van der Waals surface area (Å²) in [6.07, 6.45) is -4.67. The zero-order chi connectivity index (χ0) is 26.6. The number of carboxylic acid groups (broad SMARTS) is 1. The number of ether oxygens (including phenoxy) is 1. The number of aliphatic carboxylic acids is 1. The highest BCUT2D eigenvalue weighted by Crippen LogP contribution is 2.39. The van der Waals surface area contributed by atoms with E-state index in [0.29, 0.717) is 11.1 Å². The number of aliphatic imine (C=N–C) groups is 2. The fourth-order valence-electron chi connectivity index (χ4n) is 3.52. The Balaban J connectivity index is 2.30. The highest BCUT2D eigenvalue weighted by molar-refractivity contribution is 6.36. The van der Waals surface area contributed by atoms with Gasteiger partial charge in [-0.3, -0.25) is 4.90 Å². The number of esters is 1. The zero-order valence-electron chi connectivity index (χ0n) is 19.1. The molecule has 0 saturated carbocycles. The SMILES string of the molecule is CCOC(=O)C1=C(C)N(c2cccc(C(F)(F)F)c2)C(N=C(N)C(=O)O)=NC1c1ccc(C#N)cc1. The average molecular weight is 499 g/mol. The third-order valence-electron chi connectivity index (χ3n) is 5.17. The summed E-state index contributed by atoms with van der Waals surface area (Å²) in [6.45, 7) is 3.05. The smallest absolute Gasteiger partial charge is 0.416 e. The molecule has 2 aromatic rings. The van der Waals surface area contributed by atoms with Gasteiger partial charge in [0.05, 0.1) is 29.4 Å². The Hall–Kier alpha value is -4.66. The summed E-state index contributed by atoms with van der Waals surface area (Å²) in [5, 5.41) is 18.3. The van der Waals surface area contributed by atoms with Crippen LogP contribution in [0, 0.1) is 11.3 Å². The lowest BCUT2D eigenvalue weighted by molar-refractivity contribution is -0.139. The summed E-state index contributed by atoms with van der Waals surface area (Å²) in [4.78, 5) is 33.7. The van der Waals surface area contributed by atoms with Crippen molar-refractivity contribution >= 4 is 29.4 Å². The summed E-state index contributed by atoms with van der Waals surface area (Å²) < 4.78 is 45.4. The Kier molecular flexibility index (Phi) is 7.43. The molecular weight excluding hydrogens is 479 g/mol. The second-order valence-corrected chi connectivity index (χ2v) is 7.47. The maximum absolute atomic E-state index is 13.4. The Labute approximate surface area is 203 Å². The van der Waals surface area contributed by atoms with Gasteiger partial charge in [-0.05, 0) is 49.7 Å². The molecule has 1 unspecified atom stereocenters. The van der Waals surface area contributed by atoms with Crippen molar-refractivity contribution in [3.63, 3.8) is 0 Å². The molecule has 12 heteroatoms. The van der Waals surface area contributed by atoms with E-state index in [4.69, 9.17) is 15.7 Å². The molecule has 1 atom stereocenters. The standard InChI is InChI=1S/C24H20F3N5O4/c1-3-36-22(35)18-13(2)32(17-6-4-5-16(11-17)24(25,26)27)23(31-20(29)21(33)34)30-19(18)15-9-7-14(12-28)8-10-15/h4-11,19H,3H2,1-2H3,(H,33,34)(H2,29,30,31). The van der Waals surface area contributed by atoms with Crippen molar-refractivity contribution in [3.05, 3.63) is 76.5 Å². The Morgan fingerprint density at radius 1 is 1.25 bits per heavy atom. The maximum atomic E-state index is 13.4. The van der Waals surface area contributed by atoms with Gasteiger partial charge in [0.1, 0.15) is 6.04 Å². The minimum atomic E-state index is -4.67. The van der Waals surface area contributed by atoms with Gasteiger partial charge < -0.3 is 15.6 Å². The number of amidine groups is 1. The fourth-order valence-corrected chi connectivity index (χ4v) is 3.52. The molecule has 0 aliphatic carbocycles. The third kappa shape index (κ3) is 5.35. The van der Waals surface area contributed by atoms with Gasteiger partial charge in [0.25, 0.3) is 0 Å². The summed E-state index contributed by atoms with van der Waals surface area (Å²) >= 11 is 0. The summed E-state index contributed by atoms with van der Waals surface area (Å²) in [6, 6.07) is 11.1. The Morgan fingerprint density at radius 3 is 2.47 bits per heavy atom. The van der Waals surface area contributed by atoms with Crippen LogP contribution >= 0.6 is 0 Å². The molecule has 36 heavy (non-hydrogen) atoms. The lowest BCUT2D eigenvalue weighted by Crippen LogP contribution is -2.38. The van der Waals surface area contributed by atoms with Crippen molar-refractivity contribution in [1.82, 2.24) is 0 Å². The van der Waals surface area contributed by atoms with Crippen LogP contribution in [0.2, 0.25) is 0 Å². The van der Waals surface area contributed by atoms with Gasteiger partial charge in [-0.25, -0.2) is 14.6 Å². The molecule has 3 N–H and O–H groups in total. The van der Waals surface area contributed by atoms with Crippen molar-refractivity contribution in [2.45, 2.75) is 26.1 Å². The number of anilines is 1. The van der Waals surface area contributed by atoms with E-state index in [1.165, 1.54) is 25.1 Å². The quantitative estimate of drug-likeness (QED) is 0.370. The second kappa shape index (κ2) is 10.3. The van der Waals surface area contributed by atoms with Gasteiger partial charge >= 0.3 is 18.1 Å². The zero-order valence-corrected chi connectivity index (χ0v) is 19.1. The predicted octanol–water partition coefficient (Wildman–Crippen LogP) is 3.77. The van der Waals surface area contributed by atoms with Crippen LogP contribution in [0.1, 0.15) is 36.6 Å². The molecule has 0 saturated heterocycles. The number of halogens is 3. The van der Waals surface area contributed by atoms with Gasteiger partial charge in [-0.2, -0.15) is 23.4 Å². The number of benzene rings is 2. The van der Waals surface area contributed by atoms with Crippen LogP contribution in [-0.4, -0.2) is 35.4 Å². The number of hydrogen-bond acceptors (Lipinski definition) is 7. The molecule has 0 radical (unpaired) electrons. The second-order valence-electron chi connectivity index (χ2n) is 7.47. The van der Waals surface area contributed by atoms with Gasteiger partial charge in [-0.1, -0.05) is 18.2 Å². The van der Waals surface area contributed by atoms with E-state index in [2.05, 4.69) is 9.98 Å². The van der Waals surface area contributed by atoms with E-state index < -0.39 is 35.6 Å². The van der Waals surface area contributed by atoms with Crippen LogP contribution in [0.5, 0.6) is 0 Å². The number of carbonyl (C=O) groups excluding carboxylic acids is 1. The highest BCUT2D eigenvalue weighted by Gasteiger charge is 2.37. The minimum Gasteiger partial charge on any atom is -0.475 e. The van der Waals surface area contributed by atoms with Crippen LogP contribution in [0.4, 0.5) is 18.9 Å². The molecule has 3 rings (SSSR count). The molecule has 1 heterocycles. The average Bonchev–Trinajstić information content (AvgIpc) is 2.83. The van der Waals surface area contributed by atoms with Crippen LogP contribution < -0.4 is 10.6 Å². The fraction of sp³-hybridized carbons (Fsp3) is 0.208. The number of carbonyl (C=O) groups is 2. The van der Waals surface area contributed by atoms with Crippen LogP contribution in [0.15, 0.2) is 69.8 Å². The van der Waals surface area contributed by atoms with Crippen molar-refractivity contribution in [2.24, 2.45) is 15.7 Å². The number of nitriles is 1. The van der Waals surface area contributed by atoms with Crippen LogP contribution in [-0.2, 0) is 20.5 Å². The maximum Gasteiger partial charge on any atom is 0.416 e. The number of carboxylic acids is 1. The van der Waals surface area contributed by atoms with Gasteiger partial charge in [0.15, 0.2) is 0 Å². The molecule has 0 spiro atoms. The molecule has 2 aromatic carbocycles. The lowest BCUT2D eigenvalue weighted by atomic mass is 9.94. The number of alkyl halides is 3. The van der Waals surface area contributed by atoms with Crippen LogP contribution in [0.25, 0.3) is 0 Å². The van der Waals surface area contributed by atoms with Crippen molar-refractivity contribution in [1.29, 1.82) is 5.26 Å². The first-order valence-electron chi connectivity index (χ1n) is 10.5. The first-order chi connectivity index (χ1) is 17.0. The number of nitrogens with zero attached hydrogens (tertiary/aromatic N) is 4. The summed E-state index contributed by atoms with van der Waals surface area (Å²) in [7, 11) is 0. The van der Waals surface area contributed by atoms with Gasteiger partial charge in [0.2, 0.25) is 11.8 Å². The summed E-state index contributed by atoms with van der Waals surface area (Å²) in [5.74, 6) is -3.57. The first kappa shape index (κ1) is 26.0. The molecule has 186 valence electrons. The number of guanidine groups is 1. The van der Waals surface area contributed by atoms with E-state index in [1.807, 2.05) is 6.07 Å². The van der Waals surface area contributed by atoms with E-state index >= 15 is 0 Å². The third-order valence-corrected chi connectivity index (χ3v) is 5.17. The van der Waals surface area contributed by atoms with E-state index in [9.17, 15) is 27.9 Å². The van der Waals surface area contributed by atoms with E-state index in [-0.39, 0.29) is 29.5 Å². The topological polar surface area (TPSA) is 141 Å². The normalized spacial score (nSPS) is 16.3. The number of hydrogen-bond donors (Lipinski definition) is 2. The lowest BCUT2D eigenvalue weighted by Gasteiger charge is -2.33. The highest BCUT2D eigenvalue weighted by atomic mass is 19.4. The van der Waals surface area contributed by atoms with E-state index in [0.717, 1.165) is 23.1 Å². The number of rotatable bonds is 4. The minimum absolute atomic E-state index is 0.00758. The molecule has 0 aromatic heterocycles. The van der Waals surface area contributed by atoms with Crippen LogP contribution in [0.3, 0.4) is 0 Å². The molecule has 1 aliphatic heterocycles. The van der Waals surface area contributed by atoms with E-state index in [1.54, 1.807) is 19.1 Å². The predicted molar refractivity (Wildman–Crippen MR) is 124 cm³/mol. The molecule has 1 aliphatic rings. The van der Waals surface area contributed by atoms with Gasteiger partial charge in [-0.15, -0.1) is 0 Å². The molecule has 0 amide bonds. The first-order valence-corrected chi connectivity index (χ1v) is 10.5. The number of nitrogens with two attached hydrogens (primary N) is 1. The molecule has 9 nitrogen and oxygen atoms in total. The molecule has 0 bridgehead atoms. The summed E-state index contributed by atoms with van der Waals surface area (Å²) in [5.41, 5.74) is 5.33. The Bertz CT molecular complexity index is 1320. The van der Waals surface area contributed by atoms with Crippen molar-refractivity contribution < 1.29 is 32.6 Å². The van der Waals surface area contributed by atoms with Crippen molar-refractivity contribution in [2.75, 3.05) is 11.5 Å². The Morgan fingerprint density at radius 2 is 1.92 bits per heavy atom. The molecular formula is C24H20F3N5O4. The largest absolute Gasteiger partial charge is 0.475 e. The van der Waals surface area contributed by atoms with Crippen molar-refractivity contribution in [3.8, 4) is 6.07 Å².